The van der Waals surface area contributed by atoms with Crippen LogP contribution in [0.1, 0.15) is 18.1 Å². The van der Waals surface area contributed by atoms with Crippen molar-refractivity contribution in [3.05, 3.63) is 46.7 Å². The Hall–Kier alpha value is -1.81. The van der Waals surface area contributed by atoms with Gasteiger partial charge in [-0.15, -0.1) is 0 Å². The average Bonchev–Trinajstić information content (AvgIpc) is 2.42. The van der Waals surface area contributed by atoms with Crippen molar-refractivity contribution in [2.24, 2.45) is 0 Å². The van der Waals surface area contributed by atoms with Crippen LogP contribution in [0.5, 0.6) is 5.88 Å². The molecule has 1 heterocycles. The molecule has 0 fully saturated rings. The molecule has 0 saturated carbocycles. The highest BCUT2D eigenvalue weighted by Gasteiger charge is 2.07. The molecule has 0 bridgehead atoms. The highest BCUT2D eigenvalue weighted by Crippen LogP contribution is 2.21. The van der Waals surface area contributed by atoms with Crippen molar-refractivity contribution in [3.8, 4) is 5.88 Å². The van der Waals surface area contributed by atoms with Gasteiger partial charge in [-0.05, 0) is 31.5 Å². The molecule has 2 rings (SSSR count). The molecular weight excluding hydrogens is 262 g/mol. The van der Waals surface area contributed by atoms with E-state index < -0.39 is 0 Å². The molecule has 0 radical (unpaired) electrons. The largest absolute Gasteiger partial charge is 0.472 e. The maximum absolute atomic E-state index is 5.84. The molecule has 100 valence electrons. The van der Waals surface area contributed by atoms with Gasteiger partial charge >= 0.3 is 0 Å². The third-order valence-electron chi connectivity index (χ3n) is 2.67. The summed E-state index contributed by atoms with van der Waals surface area (Å²) >= 11 is 5.84. The molecular formula is C14H16ClN3O. The van der Waals surface area contributed by atoms with Gasteiger partial charge in [-0.2, -0.15) is 0 Å². The summed E-state index contributed by atoms with van der Waals surface area (Å²) in [4.78, 5) is 8.33. The Morgan fingerprint density at radius 2 is 1.95 bits per heavy atom. The van der Waals surface area contributed by atoms with Gasteiger partial charge in [-0.3, -0.25) is 0 Å². The summed E-state index contributed by atoms with van der Waals surface area (Å²) in [5.41, 5.74) is 1.96. The zero-order valence-corrected chi connectivity index (χ0v) is 11.7. The minimum absolute atomic E-state index is 0.459. The van der Waals surface area contributed by atoms with Gasteiger partial charge in [-0.1, -0.05) is 23.7 Å². The van der Waals surface area contributed by atoms with E-state index in [0.717, 1.165) is 28.5 Å². The number of hydrogen-bond acceptors (Lipinski definition) is 4. The number of hydrogen-bond donors (Lipinski definition) is 1. The minimum Gasteiger partial charge on any atom is -0.472 e. The first-order valence-corrected chi connectivity index (χ1v) is 6.51. The lowest BCUT2D eigenvalue weighted by molar-refractivity contribution is 0.291. The summed E-state index contributed by atoms with van der Waals surface area (Å²) in [6.45, 7) is 5.24. The zero-order valence-electron chi connectivity index (χ0n) is 11.0. The predicted molar refractivity (Wildman–Crippen MR) is 76.7 cm³/mol. The minimum atomic E-state index is 0.459. The lowest BCUT2D eigenvalue weighted by Crippen LogP contribution is -2.05. The molecule has 0 unspecified atom stereocenters. The molecule has 0 saturated heterocycles. The van der Waals surface area contributed by atoms with E-state index in [1.807, 2.05) is 38.1 Å². The van der Waals surface area contributed by atoms with Crippen molar-refractivity contribution in [2.75, 3.05) is 11.9 Å². The Balaban J connectivity index is 2.07. The molecule has 0 amide bonds. The first kappa shape index (κ1) is 13.6. The number of nitrogens with zero attached hydrogens (tertiary/aromatic N) is 2. The van der Waals surface area contributed by atoms with Gasteiger partial charge in [0.05, 0.1) is 5.56 Å². The standard InChI is InChI=1S/C14H16ClN3O/c1-3-16-13-10(2)14(18-9-17-13)19-8-11-4-6-12(15)7-5-11/h4-7,9H,3,8H2,1-2H3,(H,16,17,18). The number of nitrogens with one attached hydrogen (secondary N) is 1. The normalized spacial score (nSPS) is 10.3. The molecule has 0 aliphatic carbocycles. The van der Waals surface area contributed by atoms with Gasteiger partial charge in [0.15, 0.2) is 0 Å². The summed E-state index contributed by atoms with van der Waals surface area (Å²) < 4.78 is 5.72. The Morgan fingerprint density at radius 3 is 2.63 bits per heavy atom. The van der Waals surface area contributed by atoms with Crippen LogP contribution in [0.15, 0.2) is 30.6 Å². The van der Waals surface area contributed by atoms with Crippen LogP contribution in [0.3, 0.4) is 0 Å². The van der Waals surface area contributed by atoms with Crippen LogP contribution in [0, 0.1) is 6.92 Å². The molecule has 0 atom stereocenters. The summed E-state index contributed by atoms with van der Waals surface area (Å²) in [5, 5.41) is 3.89. The fraction of sp³-hybridized carbons (Fsp3) is 0.286. The van der Waals surface area contributed by atoms with Crippen molar-refractivity contribution < 1.29 is 4.74 Å². The van der Waals surface area contributed by atoms with E-state index in [0.29, 0.717) is 12.5 Å². The topological polar surface area (TPSA) is 47.0 Å². The quantitative estimate of drug-likeness (QED) is 0.909. The first-order chi connectivity index (χ1) is 9.20. The van der Waals surface area contributed by atoms with Crippen molar-refractivity contribution in [2.45, 2.75) is 20.5 Å². The van der Waals surface area contributed by atoms with E-state index in [4.69, 9.17) is 16.3 Å². The number of halogens is 1. The Bertz CT molecular complexity index is 543. The summed E-state index contributed by atoms with van der Waals surface area (Å²) in [6.07, 6.45) is 1.50. The summed E-state index contributed by atoms with van der Waals surface area (Å²) in [6, 6.07) is 7.56. The Morgan fingerprint density at radius 1 is 1.21 bits per heavy atom. The fourth-order valence-electron chi connectivity index (χ4n) is 1.66. The molecule has 1 aromatic carbocycles. The number of benzene rings is 1. The SMILES string of the molecule is CCNc1ncnc(OCc2ccc(Cl)cc2)c1C. The molecule has 0 spiro atoms. The lowest BCUT2D eigenvalue weighted by atomic mass is 10.2. The maximum atomic E-state index is 5.84. The van der Waals surface area contributed by atoms with Crippen LogP contribution >= 0.6 is 11.6 Å². The van der Waals surface area contributed by atoms with Crippen LogP contribution < -0.4 is 10.1 Å². The monoisotopic (exact) mass is 277 g/mol. The van der Waals surface area contributed by atoms with E-state index in [1.54, 1.807) is 0 Å². The van der Waals surface area contributed by atoms with Gasteiger partial charge in [0, 0.05) is 11.6 Å². The highest BCUT2D eigenvalue weighted by molar-refractivity contribution is 6.30. The van der Waals surface area contributed by atoms with E-state index in [9.17, 15) is 0 Å². The van der Waals surface area contributed by atoms with Gasteiger partial charge < -0.3 is 10.1 Å². The molecule has 5 heteroatoms. The fourth-order valence-corrected chi connectivity index (χ4v) is 1.78. The second-order valence-corrected chi connectivity index (χ2v) is 4.53. The van der Waals surface area contributed by atoms with Crippen molar-refractivity contribution in [1.82, 2.24) is 9.97 Å². The molecule has 0 aliphatic rings. The van der Waals surface area contributed by atoms with Crippen LogP contribution in [0.4, 0.5) is 5.82 Å². The van der Waals surface area contributed by atoms with Crippen LogP contribution in [0.25, 0.3) is 0 Å². The smallest absolute Gasteiger partial charge is 0.221 e. The number of anilines is 1. The lowest BCUT2D eigenvalue weighted by Gasteiger charge is -2.11. The molecule has 19 heavy (non-hydrogen) atoms. The average molecular weight is 278 g/mol. The molecule has 1 N–H and O–H groups in total. The van der Waals surface area contributed by atoms with Crippen molar-refractivity contribution >= 4 is 17.4 Å². The third kappa shape index (κ3) is 3.58. The second kappa shape index (κ2) is 6.38. The van der Waals surface area contributed by atoms with E-state index in [1.165, 1.54) is 6.33 Å². The molecule has 2 aromatic rings. The van der Waals surface area contributed by atoms with Gasteiger partial charge in [0.2, 0.25) is 5.88 Å². The van der Waals surface area contributed by atoms with Crippen LogP contribution in [-0.4, -0.2) is 16.5 Å². The zero-order chi connectivity index (χ0) is 13.7. The van der Waals surface area contributed by atoms with E-state index >= 15 is 0 Å². The second-order valence-electron chi connectivity index (χ2n) is 4.10. The Kier molecular flexibility index (Phi) is 4.58. The number of rotatable bonds is 5. The van der Waals surface area contributed by atoms with Crippen molar-refractivity contribution in [3.63, 3.8) is 0 Å². The summed E-state index contributed by atoms with van der Waals surface area (Å²) in [5.74, 6) is 1.41. The Labute approximate surface area is 117 Å². The summed E-state index contributed by atoms with van der Waals surface area (Å²) in [7, 11) is 0. The van der Waals surface area contributed by atoms with E-state index in [2.05, 4.69) is 15.3 Å². The molecule has 0 aliphatic heterocycles. The maximum Gasteiger partial charge on any atom is 0.221 e. The molecule has 1 aromatic heterocycles. The van der Waals surface area contributed by atoms with Gasteiger partial charge in [-0.25, -0.2) is 9.97 Å². The number of aromatic nitrogens is 2. The highest BCUT2D eigenvalue weighted by atomic mass is 35.5. The predicted octanol–water partition coefficient (Wildman–Crippen LogP) is 3.45. The third-order valence-corrected chi connectivity index (χ3v) is 2.92. The van der Waals surface area contributed by atoms with Crippen molar-refractivity contribution in [1.29, 1.82) is 0 Å². The number of ether oxygens (including phenoxy) is 1. The van der Waals surface area contributed by atoms with Crippen LogP contribution in [0.2, 0.25) is 5.02 Å². The first-order valence-electron chi connectivity index (χ1n) is 6.13. The molecule has 4 nitrogen and oxygen atoms in total. The van der Waals surface area contributed by atoms with Gasteiger partial charge in [0.1, 0.15) is 18.8 Å². The van der Waals surface area contributed by atoms with E-state index in [-0.39, 0.29) is 0 Å². The van der Waals surface area contributed by atoms with Crippen LogP contribution in [-0.2, 0) is 6.61 Å². The van der Waals surface area contributed by atoms with Gasteiger partial charge in [0.25, 0.3) is 0 Å².